The van der Waals surface area contributed by atoms with Crippen LogP contribution >= 0.6 is 0 Å². The highest BCUT2D eigenvalue weighted by Crippen LogP contribution is 2.06. The van der Waals surface area contributed by atoms with Crippen LogP contribution in [0, 0.1) is 0 Å². The van der Waals surface area contributed by atoms with Crippen LogP contribution in [0.2, 0.25) is 0 Å². The van der Waals surface area contributed by atoms with Crippen LogP contribution in [-0.2, 0) is 6.42 Å². The van der Waals surface area contributed by atoms with Crippen molar-refractivity contribution in [2.24, 2.45) is 0 Å². The molecule has 1 heterocycles. The first kappa shape index (κ1) is 11.0. The van der Waals surface area contributed by atoms with Crippen molar-refractivity contribution in [1.82, 2.24) is 10.2 Å². The largest absolute Gasteiger partial charge is 0.338 e. The highest BCUT2D eigenvalue weighted by molar-refractivity contribution is 5.74. The highest BCUT2D eigenvalue weighted by Gasteiger charge is 2.17. The van der Waals surface area contributed by atoms with E-state index < -0.39 is 0 Å². The van der Waals surface area contributed by atoms with Gasteiger partial charge in [-0.15, -0.1) is 0 Å². The average Bonchev–Trinajstić information content (AvgIpc) is 2.33. The number of hydrogen-bond acceptors (Lipinski definition) is 1. The van der Waals surface area contributed by atoms with Gasteiger partial charge in [0.1, 0.15) is 0 Å². The Hall–Kier alpha value is -1.51. The molecule has 0 saturated carbocycles. The molecular weight excluding hydrogens is 200 g/mol. The zero-order valence-corrected chi connectivity index (χ0v) is 9.43. The van der Waals surface area contributed by atoms with Gasteiger partial charge in [-0.1, -0.05) is 30.3 Å². The number of benzene rings is 1. The predicted molar refractivity (Wildman–Crippen MR) is 63.4 cm³/mol. The van der Waals surface area contributed by atoms with Gasteiger partial charge in [0.05, 0.1) is 0 Å². The Morgan fingerprint density at radius 2 is 2.06 bits per heavy atom. The van der Waals surface area contributed by atoms with Gasteiger partial charge in [-0.3, -0.25) is 0 Å². The van der Waals surface area contributed by atoms with E-state index in [1.165, 1.54) is 5.56 Å². The third-order valence-corrected chi connectivity index (χ3v) is 2.84. The summed E-state index contributed by atoms with van der Waals surface area (Å²) in [5, 5.41) is 3.92. The number of carbonyl (C=O) groups is 1. The average molecular weight is 217 g/mol. The fourth-order valence-corrected chi connectivity index (χ4v) is 1.96. The molecule has 3 heteroatoms. The van der Waals surface area contributed by atoms with Gasteiger partial charge >= 0.3 is 6.03 Å². The minimum Gasteiger partial charge on any atom is -0.323 e. The fourth-order valence-electron chi connectivity index (χ4n) is 1.96. The Balaban J connectivity index is 1.73. The van der Waals surface area contributed by atoms with E-state index in [1.54, 1.807) is 0 Å². The minimum absolute atomic E-state index is 0.0284. The van der Waals surface area contributed by atoms with E-state index in [0.717, 1.165) is 32.4 Å². The molecule has 1 aliphatic heterocycles. The number of nitrogens with zero attached hydrogens (tertiary/aromatic N) is 2. The van der Waals surface area contributed by atoms with Gasteiger partial charge in [-0.05, 0) is 24.8 Å². The first-order chi connectivity index (χ1) is 7.86. The first-order valence-electron chi connectivity index (χ1n) is 5.86. The SMILES string of the molecule is O=C1[N]CCCN1CCCc1ccccc1. The molecule has 3 nitrogen and oxygen atoms in total. The molecule has 1 aromatic rings. The number of aryl methyl sites for hydroxylation is 1. The predicted octanol–water partition coefficient (Wildman–Crippen LogP) is 2.05. The van der Waals surface area contributed by atoms with E-state index in [1.807, 2.05) is 11.0 Å². The Morgan fingerprint density at radius 1 is 1.25 bits per heavy atom. The molecule has 85 valence electrons. The minimum atomic E-state index is -0.0284. The molecule has 16 heavy (non-hydrogen) atoms. The van der Waals surface area contributed by atoms with Crippen LogP contribution < -0.4 is 5.32 Å². The summed E-state index contributed by atoms with van der Waals surface area (Å²) >= 11 is 0. The van der Waals surface area contributed by atoms with E-state index in [2.05, 4.69) is 29.6 Å². The van der Waals surface area contributed by atoms with E-state index >= 15 is 0 Å². The van der Waals surface area contributed by atoms with Crippen molar-refractivity contribution in [2.75, 3.05) is 19.6 Å². The van der Waals surface area contributed by atoms with Crippen molar-refractivity contribution in [1.29, 1.82) is 0 Å². The summed E-state index contributed by atoms with van der Waals surface area (Å²) < 4.78 is 0. The normalized spacial score (nSPS) is 16.0. The highest BCUT2D eigenvalue weighted by atomic mass is 16.2. The summed E-state index contributed by atoms with van der Waals surface area (Å²) in [6.07, 6.45) is 3.06. The van der Waals surface area contributed by atoms with Gasteiger partial charge in [-0.2, -0.15) is 0 Å². The maximum Gasteiger partial charge on any atom is 0.338 e. The maximum atomic E-state index is 11.4. The number of amides is 2. The second-order valence-corrected chi connectivity index (χ2v) is 4.09. The van der Waals surface area contributed by atoms with Crippen molar-refractivity contribution in [3.8, 4) is 0 Å². The Kier molecular flexibility index (Phi) is 3.81. The zero-order chi connectivity index (χ0) is 11.2. The van der Waals surface area contributed by atoms with E-state index in [-0.39, 0.29) is 6.03 Å². The van der Waals surface area contributed by atoms with Crippen LogP contribution in [0.15, 0.2) is 30.3 Å². The summed E-state index contributed by atoms with van der Waals surface area (Å²) in [6.45, 7) is 2.41. The van der Waals surface area contributed by atoms with E-state index in [0.29, 0.717) is 6.54 Å². The molecule has 1 saturated heterocycles. The Bertz CT molecular complexity index is 337. The topological polar surface area (TPSA) is 34.4 Å². The lowest BCUT2D eigenvalue weighted by Gasteiger charge is -2.25. The van der Waals surface area contributed by atoms with Gasteiger partial charge in [0.15, 0.2) is 0 Å². The van der Waals surface area contributed by atoms with Gasteiger partial charge in [0.25, 0.3) is 0 Å². The summed E-state index contributed by atoms with van der Waals surface area (Å²) in [5.74, 6) is 0. The molecule has 2 rings (SSSR count). The van der Waals surface area contributed by atoms with Crippen molar-refractivity contribution in [2.45, 2.75) is 19.3 Å². The monoisotopic (exact) mass is 217 g/mol. The van der Waals surface area contributed by atoms with Crippen molar-refractivity contribution >= 4 is 6.03 Å². The standard InChI is InChI=1S/C13H17N2O/c16-13-14-9-5-11-15(13)10-4-8-12-6-2-1-3-7-12/h1-3,6-7H,4-5,8-11H2. The third-order valence-electron chi connectivity index (χ3n) is 2.84. The van der Waals surface area contributed by atoms with Gasteiger partial charge in [-0.25, -0.2) is 10.1 Å². The number of rotatable bonds is 4. The number of carbonyl (C=O) groups excluding carboxylic acids is 1. The summed E-state index contributed by atoms with van der Waals surface area (Å²) in [6, 6.07) is 10.4. The molecule has 2 amide bonds. The molecule has 0 N–H and O–H groups in total. The Labute approximate surface area is 96.5 Å². The fraction of sp³-hybridized carbons (Fsp3) is 0.462. The first-order valence-corrected chi connectivity index (χ1v) is 5.86. The number of hydrogen-bond donors (Lipinski definition) is 0. The zero-order valence-electron chi connectivity index (χ0n) is 9.43. The molecule has 1 aliphatic rings. The van der Waals surface area contributed by atoms with Gasteiger partial charge in [0, 0.05) is 19.6 Å². The third kappa shape index (κ3) is 2.99. The van der Waals surface area contributed by atoms with E-state index in [4.69, 9.17) is 0 Å². The molecule has 0 spiro atoms. The van der Waals surface area contributed by atoms with Crippen LogP contribution in [0.25, 0.3) is 0 Å². The Morgan fingerprint density at radius 3 is 2.81 bits per heavy atom. The van der Waals surface area contributed by atoms with Crippen LogP contribution in [-0.4, -0.2) is 30.6 Å². The molecule has 1 fully saturated rings. The van der Waals surface area contributed by atoms with Crippen molar-refractivity contribution < 1.29 is 4.79 Å². The second kappa shape index (κ2) is 5.54. The summed E-state index contributed by atoms with van der Waals surface area (Å²) in [7, 11) is 0. The molecule has 1 radical (unpaired) electrons. The van der Waals surface area contributed by atoms with Gasteiger partial charge in [0.2, 0.25) is 0 Å². The molecule has 0 aliphatic carbocycles. The smallest absolute Gasteiger partial charge is 0.323 e. The van der Waals surface area contributed by atoms with E-state index in [9.17, 15) is 4.79 Å². The lowest BCUT2D eigenvalue weighted by Crippen LogP contribution is -2.43. The van der Waals surface area contributed by atoms with Crippen LogP contribution in [0.1, 0.15) is 18.4 Å². The molecular formula is C13H17N2O. The lowest BCUT2D eigenvalue weighted by molar-refractivity contribution is 0.184. The van der Waals surface area contributed by atoms with Crippen molar-refractivity contribution in [3.63, 3.8) is 0 Å². The second-order valence-electron chi connectivity index (χ2n) is 4.09. The molecule has 0 aromatic heterocycles. The molecule has 0 unspecified atom stereocenters. The van der Waals surface area contributed by atoms with Crippen molar-refractivity contribution in [3.05, 3.63) is 35.9 Å². The molecule has 0 atom stereocenters. The van der Waals surface area contributed by atoms with Crippen LogP contribution in [0.4, 0.5) is 4.79 Å². The lowest BCUT2D eigenvalue weighted by atomic mass is 10.1. The quantitative estimate of drug-likeness (QED) is 0.760. The number of urea groups is 1. The molecule has 0 bridgehead atoms. The maximum absolute atomic E-state index is 11.4. The molecule has 1 aromatic carbocycles. The van der Waals surface area contributed by atoms with Gasteiger partial charge < -0.3 is 4.90 Å². The van der Waals surface area contributed by atoms with Crippen LogP contribution in [0.3, 0.4) is 0 Å². The van der Waals surface area contributed by atoms with Crippen LogP contribution in [0.5, 0.6) is 0 Å². The summed E-state index contributed by atoms with van der Waals surface area (Å²) in [4.78, 5) is 13.2. The summed E-state index contributed by atoms with van der Waals surface area (Å²) in [5.41, 5.74) is 1.34.